The number of aliphatic imine (C=N–C) groups is 1. The maximum absolute atomic E-state index is 11.5. The van der Waals surface area contributed by atoms with Crippen LogP contribution in [0.15, 0.2) is 29.3 Å². The smallest absolute Gasteiger partial charge is 0.229 e. The molecule has 0 aliphatic carbocycles. The van der Waals surface area contributed by atoms with E-state index in [0.717, 1.165) is 29.6 Å². The lowest BCUT2D eigenvalue weighted by Crippen LogP contribution is -2.42. The third kappa shape index (κ3) is 7.50. The van der Waals surface area contributed by atoms with Crippen molar-refractivity contribution < 1.29 is 8.42 Å². The number of halogens is 1. The maximum atomic E-state index is 11.5. The Balaban J connectivity index is 0.00000420. The standard InChI is InChI=1S/C19H30N6O2S.HI/c1-13(11-17-14(2)23-25(5)15(17)3)22-19(20-4)21-12-16-9-7-8-10-18(16)24-28(6,26)27;/h7-10,13,24H,11-12H2,1-6H3,(H2,20,21,22);1H. The van der Waals surface area contributed by atoms with Crippen LogP contribution in [0.1, 0.15) is 29.4 Å². The third-order valence-corrected chi connectivity index (χ3v) is 5.13. The molecule has 1 aromatic heterocycles. The molecule has 2 rings (SSSR count). The van der Waals surface area contributed by atoms with Crippen molar-refractivity contribution in [2.45, 2.75) is 39.8 Å². The van der Waals surface area contributed by atoms with E-state index in [1.807, 2.05) is 30.8 Å². The Labute approximate surface area is 190 Å². The first-order valence-corrected chi connectivity index (χ1v) is 11.0. The summed E-state index contributed by atoms with van der Waals surface area (Å²) >= 11 is 0. The van der Waals surface area contributed by atoms with Crippen molar-refractivity contribution in [3.8, 4) is 0 Å². The van der Waals surface area contributed by atoms with Crippen LogP contribution in [0.3, 0.4) is 0 Å². The van der Waals surface area contributed by atoms with Crippen molar-refractivity contribution >= 4 is 45.6 Å². The van der Waals surface area contributed by atoms with E-state index in [1.165, 1.54) is 5.56 Å². The van der Waals surface area contributed by atoms with Crippen LogP contribution < -0.4 is 15.4 Å². The molecule has 0 saturated heterocycles. The lowest BCUT2D eigenvalue weighted by Gasteiger charge is -2.19. The van der Waals surface area contributed by atoms with Crippen molar-refractivity contribution in [3.05, 3.63) is 46.8 Å². The zero-order chi connectivity index (χ0) is 20.9. The predicted molar refractivity (Wildman–Crippen MR) is 130 cm³/mol. The van der Waals surface area contributed by atoms with Crippen LogP contribution in [0.25, 0.3) is 0 Å². The summed E-state index contributed by atoms with van der Waals surface area (Å²) in [6.07, 6.45) is 1.97. The minimum absolute atomic E-state index is 0. The van der Waals surface area contributed by atoms with E-state index >= 15 is 0 Å². The van der Waals surface area contributed by atoms with Gasteiger partial charge in [-0.3, -0.25) is 14.4 Å². The molecule has 162 valence electrons. The second-order valence-corrected chi connectivity index (χ2v) is 8.73. The van der Waals surface area contributed by atoms with Gasteiger partial charge in [-0.2, -0.15) is 5.10 Å². The van der Waals surface area contributed by atoms with E-state index < -0.39 is 10.0 Å². The Morgan fingerprint density at radius 2 is 1.93 bits per heavy atom. The molecule has 1 aromatic carbocycles. The fourth-order valence-electron chi connectivity index (χ4n) is 3.05. The predicted octanol–water partition coefficient (Wildman–Crippen LogP) is 2.32. The Hall–Kier alpha value is -1.82. The van der Waals surface area contributed by atoms with Gasteiger partial charge in [-0.25, -0.2) is 8.42 Å². The zero-order valence-electron chi connectivity index (χ0n) is 17.8. The summed E-state index contributed by atoms with van der Waals surface area (Å²) < 4.78 is 27.5. The highest BCUT2D eigenvalue weighted by Gasteiger charge is 2.14. The molecule has 2 aromatic rings. The number of benzene rings is 1. The van der Waals surface area contributed by atoms with Gasteiger partial charge < -0.3 is 10.6 Å². The number of para-hydroxylation sites is 1. The number of anilines is 1. The number of nitrogens with zero attached hydrogens (tertiary/aromatic N) is 3. The van der Waals surface area contributed by atoms with Gasteiger partial charge in [0.2, 0.25) is 10.0 Å². The van der Waals surface area contributed by atoms with Crippen LogP contribution in [0.2, 0.25) is 0 Å². The molecule has 0 aliphatic rings. The maximum Gasteiger partial charge on any atom is 0.229 e. The van der Waals surface area contributed by atoms with Crippen LogP contribution in [-0.4, -0.2) is 43.5 Å². The number of sulfonamides is 1. The molecule has 0 bridgehead atoms. The monoisotopic (exact) mass is 534 g/mol. The lowest BCUT2D eigenvalue weighted by atomic mass is 10.1. The van der Waals surface area contributed by atoms with Gasteiger partial charge in [0.05, 0.1) is 17.6 Å². The van der Waals surface area contributed by atoms with E-state index in [4.69, 9.17) is 0 Å². The first kappa shape index (κ1) is 25.2. The summed E-state index contributed by atoms with van der Waals surface area (Å²) in [5, 5.41) is 11.1. The van der Waals surface area contributed by atoms with Gasteiger partial charge >= 0.3 is 0 Å². The normalized spacial score (nSPS) is 12.8. The number of aryl methyl sites for hydroxylation is 2. The second kappa shape index (κ2) is 10.8. The molecule has 0 saturated carbocycles. The molecule has 0 aliphatic heterocycles. The van der Waals surface area contributed by atoms with E-state index in [0.29, 0.717) is 18.2 Å². The Kier molecular flexibility index (Phi) is 9.40. The van der Waals surface area contributed by atoms with Crippen molar-refractivity contribution in [1.29, 1.82) is 0 Å². The van der Waals surface area contributed by atoms with Crippen LogP contribution in [-0.2, 0) is 30.0 Å². The average Bonchev–Trinajstić information content (AvgIpc) is 2.84. The summed E-state index contributed by atoms with van der Waals surface area (Å²) in [6, 6.07) is 7.43. The summed E-state index contributed by atoms with van der Waals surface area (Å²) in [5.74, 6) is 0.654. The second-order valence-electron chi connectivity index (χ2n) is 6.98. The van der Waals surface area contributed by atoms with Crippen molar-refractivity contribution in [1.82, 2.24) is 20.4 Å². The first-order valence-electron chi connectivity index (χ1n) is 9.12. The fraction of sp³-hybridized carbons (Fsp3) is 0.474. The molecule has 29 heavy (non-hydrogen) atoms. The van der Waals surface area contributed by atoms with Gasteiger partial charge in [0, 0.05) is 32.4 Å². The molecule has 10 heteroatoms. The van der Waals surface area contributed by atoms with Crippen molar-refractivity contribution in [2.24, 2.45) is 12.0 Å². The topological polar surface area (TPSA) is 100 Å². The van der Waals surface area contributed by atoms with E-state index in [1.54, 1.807) is 19.2 Å². The van der Waals surface area contributed by atoms with Gasteiger partial charge in [0.15, 0.2) is 5.96 Å². The summed E-state index contributed by atoms with van der Waals surface area (Å²) in [6.45, 7) is 6.63. The Morgan fingerprint density at radius 1 is 1.28 bits per heavy atom. The molecule has 3 N–H and O–H groups in total. The molecule has 0 spiro atoms. The number of hydrogen-bond acceptors (Lipinski definition) is 4. The zero-order valence-corrected chi connectivity index (χ0v) is 20.9. The SMILES string of the molecule is CN=C(NCc1ccccc1NS(C)(=O)=O)NC(C)Cc1c(C)nn(C)c1C.I. The van der Waals surface area contributed by atoms with Gasteiger partial charge in [-0.15, -0.1) is 24.0 Å². The minimum atomic E-state index is -3.34. The highest BCUT2D eigenvalue weighted by atomic mass is 127. The quantitative estimate of drug-likeness (QED) is 0.288. The van der Waals surface area contributed by atoms with E-state index in [9.17, 15) is 8.42 Å². The number of nitrogens with one attached hydrogen (secondary N) is 3. The minimum Gasteiger partial charge on any atom is -0.354 e. The van der Waals surface area contributed by atoms with Crippen LogP contribution in [0, 0.1) is 13.8 Å². The van der Waals surface area contributed by atoms with Gasteiger partial charge in [0.25, 0.3) is 0 Å². The molecule has 1 heterocycles. The van der Waals surface area contributed by atoms with Crippen LogP contribution >= 0.6 is 24.0 Å². The first-order chi connectivity index (χ1) is 13.1. The largest absolute Gasteiger partial charge is 0.354 e. The van der Waals surface area contributed by atoms with E-state index in [-0.39, 0.29) is 30.0 Å². The highest BCUT2D eigenvalue weighted by molar-refractivity contribution is 14.0. The molecule has 8 nitrogen and oxygen atoms in total. The van der Waals surface area contributed by atoms with Crippen LogP contribution in [0.5, 0.6) is 0 Å². The average molecular weight is 534 g/mol. The summed E-state index contributed by atoms with van der Waals surface area (Å²) in [7, 11) is 0.327. The lowest BCUT2D eigenvalue weighted by molar-refractivity contribution is 0.606. The molecule has 1 unspecified atom stereocenters. The summed E-state index contributed by atoms with van der Waals surface area (Å²) in [5.41, 5.74) is 4.83. The highest BCUT2D eigenvalue weighted by Crippen LogP contribution is 2.16. The van der Waals surface area contributed by atoms with Crippen molar-refractivity contribution in [2.75, 3.05) is 18.0 Å². The number of rotatable bonds is 7. The van der Waals surface area contributed by atoms with Crippen molar-refractivity contribution in [3.63, 3.8) is 0 Å². The summed E-state index contributed by atoms with van der Waals surface area (Å²) in [4.78, 5) is 4.27. The Bertz CT molecular complexity index is 956. The van der Waals surface area contributed by atoms with E-state index in [2.05, 4.69) is 39.3 Å². The number of hydrogen-bond donors (Lipinski definition) is 3. The third-order valence-electron chi connectivity index (χ3n) is 4.53. The molecule has 0 radical (unpaired) electrons. The Morgan fingerprint density at radius 3 is 2.48 bits per heavy atom. The van der Waals surface area contributed by atoms with Crippen LogP contribution in [0.4, 0.5) is 5.69 Å². The molecule has 1 atom stereocenters. The van der Waals surface area contributed by atoms with Gasteiger partial charge in [-0.1, -0.05) is 18.2 Å². The van der Waals surface area contributed by atoms with Gasteiger partial charge in [0.1, 0.15) is 0 Å². The molecule has 0 amide bonds. The molecule has 0 fully saturated rings. The van der Waals surface area contributed by atoms with Gasteiger partial charge in [-0.05, 0) is 44.4 Å². The fourth-order valence-corrected chi connectivity index (χ4v) is 3.65. The number of aromatic nitrogens is 2. The molecular weight excluding hydrogens is 503 g/mol. The number of guanidine groups is 1. The molecular formula is C19H31IN6O2S.